The van der Waals surface area contributed by atoms with Crippen molar-refractivity contribution < 1.29 is 18.0 Å². The number of carbonyl (C=O) groups excluding carboxylic acids is 2. The van der Waals surface area contributed by atoms with Crippen molar-refractivity contribution in [3.8, 4) is 0 Å². The van der Waals surface area contributed by atoms with E-state index in [4.69, 9.17) is 0 Å². The molecule has 0 bridgehead atoms. The summed E-state index contributed by atoms with van der Waals surface area (Å²) in [6.45, 7) is 6.35. The van der Waals surface area contributed by atoms with Gasteiger partial charge < -0.3 is 4.90 Å². The fourth-order valence-electron chi connectivity index (χ4n) is 2.49. The Hall–Kier alpha value is -2.67. The summed E-state index contributed by atoms with van der Waals surface area (Å²) in [7, 11) is -3.82. The van der Waals surface area contributed by atoms with E-state index in [0.29, 0.717) is 29.9 Å². The average Bonchev–Trinajstić information content (AvgIpc) is 2.62. The van der Waals surface area contributed by atoms with E-state index in [0.717, 1.165) is 0 Å². The van der Waals surface area contributed by atoms with Gasteiger partial charge in [0.25, 0.3) is 15.9 Å². The van der Waals surface area contributed by atoms with Gasteiger partial charge in [0.2, 0.25) is 0 Å². The van der Waals surface area contributed by atoms with Crippen LogP contribution in [-0.2, 0) is 10.0 Å². The van der Waals surface area contributed by atoms with Crippen molar-refractivity contribution in [3.63, 3.8) is 0 Å². The number of ketones is 1. The summed E-state index contributed by atoms with van der Waals surface area (Å²) in [6, 6.07) is 12.1. The molecule has 0 spiro atoms. The zero-order valence-electron chi connectivity index (χ0n) is 15.0. The molecular formula is C19H22N2O4S. The molecule has 0 fully saturated rings. The van der Waals surface area contributed by atoms with Gasteiger partial charge in [-0.2, -0.15) is 0 Å². The van der Waals surface area contributed by atoms with Crippen molar-refractivity contribution in [1.82, 2.24) is 4.90 Å². The van der Waals surface area contributed by atoms with Crippen molar-refractivity contribution in [1.29, 1.82) is 0 Å². The SMILES string of the molecule is CCN(CC)C(=O)c1cccc(NS(=O)(=O)c2ccc(C(C)=O)cc2)c1. The second-order valence-electron chi connectivity index (χ2n) is 5.74. The van der Waals surface area contributed by atoms with E-state index in [-0.39, 0.29) is 16.6 Å². The summed E-state index contributed by atoms with van der Waals surface area (Å²) in [6.07, 6.45) is 0. The van der Waals surface area contributed by atoms with E-state index in [1.165, 1.54) is 37.3 Å². The van der Waals surface area contributed by atoms with Crippen LogP contribution in [0.25, 0.3) is 0 Å². The van der Waals surface area contributed by atoms with Crippen LogP contribution in [0.1, 0.15) is 41.5 Å². The molecule has 2 aromatic carbocycles. The molecule has 26 heavy (non-hydrogen) atoms. The van der Waals surface area contributed by atoms with E-state index in [1.54, 1.807) is 23.1 Å². The van der Waals surface area contributed by atoms with Gasteiger partial charge in [-0.15, -0.1) is 0 Å². The van der Waals surface area contributed by atoms with E-state index in [1.807, 2.05) is 13.8 Å². The predicted octanol–water partition coefficient (Wildman–Crippen LogP) is 3.17. The van der Waals surface area contributed by atoms with Gasteiger partial charge in [-0.25, -0.2) is 8.42 Å². The van der Waals surface area contributed by atoms with E-state index in [2.05, 4.69) is 4.72 Å². The molecule has 0 aliphatic carbocycles. The number of hydrogen-bond donors (Lipinski definition) is 1. The maximum Gasteiger partial charge on any atom is 0.261 e. The molecule has 2 rings (SSSR count). The Bertz CT molecular complexity index is 901. The molecule has 0 aliphatic rings. The molecule has 0 heterocycles. The summed E-state index contributed by atoms with van der Waals surface area (Å²) >= 11 is 0. The summed E-state index contributed by atoms with van der Waals surface area (Å²) in [5.41, 5.74) is 1.16. The lowest BCUT2D eigenvalue weighted by atomic mass is 10.2. The number of anilines is 1. The highest BCUT2D eigenvalue weighted by molar-refractivity contribution is 7.92. The van der Waals surface area contributed by atoms with Crippen LogP contribution in [0.5, 0.6) is 0 Å². The molecule has 0 saturated heterocycles. The zero-order chi connectivity index (χ0) is 19.3. The quantitative estimate of drug-likeness (QED) is 0.755. The van der Waals surface area contributed by atoms with Crippen molar-refractivity contribution in [2.45, 2.75) is 25.7 Å². The molecule has 2 aromatic rings. The minimum Gasteiger partial charge on any atom is -0.339 e. The molecule has 0 aromatic heterocycles. The maximum atomic E-state index is 12.5. The fourth-order valence-corrected chi connectivity index (χ4v) is 3.54. The molecule has 1 N–H and O–H groups in total. The predicted molar refractivity (Wildman–Crippen MR) is 101 cm³/mol. The van der Waals surface area contributed by atoms with Gasteiger partial charge in [0.05, 0.1) is 4.90 Å². The molecule has 0 atom stereocenters. The Kier molecular flexibility index (Phi) is 6.15. The largest absolute Gasteiger partial charge is 0.339 e. The third-order valence-corrected chi connectivity index (χ3v) is 5.38. The molecule has 6 nitrogen and oxygen atoms in total. The van der Waals surface area contributed by atoms with Crippen molar-refractivity contribution in [3.05, 3.63) is 59.7 Å². The fraction of sp³-hybridized carbons (Fsp3) is 0.263. The van der Waals surface area contributed by atoms with Crippen LogP contribution in [0, 0.1) is 0 Å². The van der Waals surface area contributed by atoms with Crippen LogP contribution >= 0.6 is 0 Å². The summed E-state index contributed by atoms with van der Waals surface area (Å²) in [5, 5.41) is 0. The van der Waals surface area contributed by atoms with Crippen LogP contribution in [0.4, 0.5) is 5.69 Å². The van der Waals surface area contributed by atoms with Crippen molar-refractivity contribution in [2.75, 3.05) is 17.8 Å². The lowest BCUT2D eigenvalue weighted by molar-refractivity contribution is 0.0772. The van der Waals surface area contributed by atoms with Crippen LogP contribution in [0.3, 0.4) is 0 Å². The molecule has 0 unspecified atom stereocenters. The Labute approximate surface area is 153 Å². The minimum atomic E-state index is -3.82. The molecule has 7 heteroatoms. The average molecular weight is 374 g/mol. The van der Waals surface area contributed by atoms with Gasteiger partial charge in [0, 0.05) is 29.9 Å². The highest BCUT2D eigenvalue weighted by Crippen LogP contribution is 2.19. The van der Waals surface area contributed by atoms with Gasteiger partial charge in [0.15, 0.2) is 5.78 Å². The highest BCUT2D eigenvalue weighted by Gasteiger charge is 2.17. The van der Waals surface area contributed by atoms with Crippen LogP contribution < -0.4 is 4.72 Å². The molecule has 138 valence electrons. The van der Waals surface area contributed by atoms with Crippen LogP contribution in [0.15, 0.2) is 53.4 Å². The number of rotatable bonds is 7. The minimum absolute atomic E-state index is 0.0444. The summed E-state index contributed by atoms with van der Waals surface area (Å²) in [5.74, 6) is -0.286. The van der Waals surface area contributed by atoms with Crippen LogP contribution in [0.2, 0.25) is 0 Å². The normalized spacial score (nSPS) is 11.0. The lowest BCUT2D eigenvalue weighted by Crippen LogP contribution is -2.30. The number of sulfonamides is 1. The Morgan fingerprint density at radius 3 is 2.12 bits per heavy atom. The Morgan fingerprint density at radius 1 is 0.962 bits per heavy atom. The molecule has 1 amide bonds. The first-order chi connectivity index (χ1) is 12.3. The zero-order valence-corrected chi connectivity index (χ0v) is 15.8. The first-order valence-electron chi connectivity index (χ1n) is 8.31. The third kappa shape index (κ3) is 4.49. The summed E-state index contributed by atoms with van der Waals surface area (Å²) < 4.78 is 27.5. The number of nitrogens with one attached hydrogen (secondary N) is 1. The first kappa shape index (κ1) is 19.7. The molecule has 0 saturated carbocycles. The molecule has 0 aliphatic heterocycles. The number of hydrogen-bond acceptors (Lipinski definition) is 4. The number of carbonyl (C=O) groups is 2. The van der Waals surface area contributed by atoms with Crippen LogP contribution in [-0.4, -0.2) is 38.1 Å². The maximum absolute atomic E-state index is 12.5. The number of Topliss-reactive ketones (excluding diaryl/α,β-unsaturated/α-hetero) is 1. The Morgan fingerprint density at radius 2 is 1.58 bits per heavy atom. The Balaban J connectivity index is 2.25. The smallest absolute Gasteiger partial charge is 0.261 e. The van der Waals surface area contributed by atoms with E-state index in [9.17, 15) is 18.0 Å². The van der Waals surface area contributed by atoms with Gasteiger partial charge in [-0.1, -0.05) is 18.2 Å². The van der Waals surface area contributed by atoms with Crippen molar-refractivity contribution >= 4 is 27.4 Å². The van der Waals surface area contributed by atoms with E-state index < -0.39 is 10.0 Å². The number of amides is 1. The second-order valence-corrected chi connectivity index (χ2v) is 7.43. The number of nitrogens with zero attached hydrogens (tertiary/aromatic N) is 1. The van der Waals surface area contributed by atoms with Gasteiger partial charge in [-0.05, 0) is 51.1 Å². The molecular weight excluding hydrogens is 352 g/mol. The van der Waals surface area contributed by atoms with Gasteiger partial charge in [-0.3, -0.25) is 14.3 Å². The monoisotopic (exact) mass is 374 g/mol. The third-order valence-electron chi connectivity index (χ3n) is 3.98. The second kappa shape index (κ2) is 8.14. The van der Waals surface area contributed by atoms with Gasteiger partial charge in [0.1, 0.15) is 0 Å². The number of benzene rings is 2. The first-order valence-corrected chi connectivity index (χ1v) is 9.80. The topological polar surface area (TPSA) is 83.6 Å². The van der Waals surface area contributed by atoms with E-state index >= 15 is 0 Å². The molecule has 0 radical (unpaired) electrons. The van der Waals surface area contributed by atoms with Crippen molar-refractivity contribution in [2.24, 2.45) is 0 Å². The standard InChI is InChI=1S/C19H22N2O4S/c1-4-21(5-2)19(23)16-7-6-8-17(13-16)20-26(24,25)18-11-9-15(10-12-18)14(3)22/h6-13,20H,4-5H2,1-3H3. The highest BCUT2D eigenvalue weighted by atomic mass is 32.2. The lowest BCUT2D eigenvalue weighted by Gasteiger charge is -2.19. The summed E-state index contributed by atoms with van der Waals surface area (Å²) in [4.78, 5) is 25.4. The van der Waals surface area contributed by atoms with Gasteiger partial charge >= 0.3 is 0 Å².